The van der Waals surface area contributed by atoms with Crippen LogP contribution in [0.25, 0.3) is 11.4 Å². The molecular formula is C29H32N8O5. The highest BCUT2D eigenvalue weighted by Gasteiger charge is 2.26. The van der Waals surface area contributed by atoms with Crippen LogP contribution in [0.1, 0.15) is 46.3 Å². The maximum atomic E-state index is 12.8. The zero-order valence-corrected chi connectivity index (χ0v) is 23.4. The first-order chi connectivity index (χ1) is 20.6. The monoisotopic (exact) mass is 572 g/mol. The number of carbonyl (C=O) groups excluding carboxylic acids is 2. The van der Waals surface area contributed by atoms with Crippen molar-refractivity contribution in [3.63, 3.8) is 0 Å². The summed E-state index contributed by atoms with van der Waals surface area (Å²) in [7, 11) is 1.53. The number of amides is 2. The van der Waals surface area contributed by atoms with Gasteiger partial charge in [0, 0.05) is 6.04 Å². The number of nitrogens with zero attached hydrogens (tertiary/aromatic N) is 5. The van der Waals surface area contributed by atoms with Crippen LogP contribution in [0.5, 0.6) is 5.75 Å². The fourth-order valence-electron chi connectivity index (χ4n) is 4.06. The van der Waals surface area contributed by atoms with Gasteiger partial charge in [0.25, 0.3) is 11.8 Å². The Labute approximate surface area is 242 Å². The van der Waals surface area contributed by atoms with Crippen LogP contribution < -0.4 is 20.9 Å². The van der Waals surface area contributed by atoms with Crippen molar-refractivity contribution >= 4 is 23.2 Å². The number of benzene rings is 2. The number of ether oxygens (including phenoxy) is 2. The van der Waals surface area contributed by atoms with E-state index in [2.05, 4.69) is 36.4 Å². The molecule has 218 valence electrons. The minimum atomic E-state index is -0.619. The molecule has 0 saturated heterocycles. The molecule has 13 nitrogen and oxygen atoms in total. The molecule has 13 heteroatoms. The van der Waals surface area contributed by atoms with Crippen molar-refractivity contribution in [2.45, 2.75) is 39.0 Å². The topological polar surface area (TPSA) is 154 Å². The van der Waals surface area contributed by atoms with Gasteiger partial charge in [-0.25, -0.2) is 10.5 Å². The average molecular weight is 573 g/mol. The maximum absolute atomic E-state index is 12.8. The molecule has 0 spiro atoms. The molecule has 5 rings (SSSR count). The third kappa shape index (κ3) is 7.25. The summed E-state index contributed by atoms with van der Waals surface area (Å²) in [6, 6.07) is 17.0. The molecule has 1 aliphatic rings. The van der Waals surface area contributed by atoms with Gasteiger partial charge >= 0.3 is 0 Å². The Kier molecular flexibility index (Phi) is 9.31. The minimum Gasteiger partial charge on any atom is -0.494 e. The number of methoxy groups -OCH3 is 1. The Morgan fingerprint density at radius 1 is 1.02 bits per heavy atom. The molecule has 0 radical (unpaired) electrons. The lowest BCUT2D eigenvalue weighted by atomic mass is 10.1. The Bertz CT molecular complexity index is 1520. The van der Waals surface area contributed by atoms with Crippen LogP contribution in [0.15, 0.2) is 60.9 Å². The normalized spacial score (nSPS) is 12.5. The van der Waals surface area contributed by atoms with Crippen molar-refractivity contribution in [2.75, 3.05) is 25.6 Å². The van der Waals surface area contributed by atoms with Crippen molar-refractivity contribution < 1.29 is 23.9 Å². The molecule has 2 aromatic heterocycles. The molecular weight excluding hydrogens is 540 g/mol. The van der Waals surface area contributed by atoms with E-state index in [1.807, 2.05) is 36.4 Å². The number of anilines is 2. The molecule has 2 heterocycles. The first kappa shape index (κ1) is 28.6. The van der Waals surface area contributed by atoms with Crippen molar-refractivity contribution in [2.24, 2.45) is 0 Å². The molecule has 1 fully saturated rings. The second-order valence-electron chi connectivity index (χ2n) is 9.48. The Morgan fingerprint density at radius 2 is 1.86 bits per heavy atom. The molecule has 2 amide bonds. The van der Waals surface area contributed by atoms with Crippen LogP contribution in [-0.2, 0) is 22.7 Å². The summed E-state index contributed by atoms with van der Waals surface area (Å²) >= 11 is 0. The Morgan fingerprint density at radius 3 is 2.62 bits per heavy atom. The van der Waals surface area contributed by atoms with Gasteiger partial charge in [0.1, 0.15) is 6.33 Å². The smallest absolute Gasteiger partial charge is 0.297 e. The summed E-state index contributed by atoms with van der Waals surface area (Å²) in [6.07, 6.45) is 3.48. The highest BCUT2D eigenvalue weighted by molar-refractivity contribution is 6.00. The Hall–Kier alpha value is -4.88. The molecule has 2 aromatic carbocycles. The number of aromatic nitrogens is 5. The molecule has 1 aliphatic carbocycles. The summed E-state index contributed by atoms with van der Waals surface area (Å²) in [6.45, 7) is 3.50. The molecule has 1 saturated carbocycles. The van der Waals surface area contributed by atoms with E-state index in [9.17, 15) is 9.59 Å². The second kappa shape index (κ2) is 13.7. The van der Waals surface area contributed by atoms with E-state index in [1.165, 1.54) is 13.2 Å². The lowest BCUT2D eigenvalue weighted by Gasteiger charge is -2.16. The molecule has 0 unspecified atom stereocenters. The standard InChI is InChI=1S/C29H32N8O5/c1-3-42-36-29(39)25-23(16-24(33-34-25)28(38)31-20-12-13-20)32-22-11-7-10-21(26(22)40-2)27-30-18-37(35-27)14-15-41-17-19-8-5-4-6-9-19/h4-11,16,18,20H,3,12-15,17H2,1-2H3,(H,31,38)(H,32,33)(H,36,39). The van der Waals surface area contributed by atoms with Gasteiger partial charge in [-0.2, -0.15) is 5.10 Å². The van der Waals surface area contributed by atoms with Crippen LogP contribution in [0, 0.1) is 0 Å². The zero-order valence-electron chi connectivity index (χ0n) is 23.4. The van der Waals surface area contributed by atoms with Crippen LogP contribution in [0.4, 0.5) is 11.4 Å². The summed E-state index contributed by atoms with van der Waals surface area (Å²) in [5.41, 5.74) is 4.81. The van der Waals surface area contributed by atoms with Crippen molar-refractivity contribution in [3.8, 4) is 17.1 Å². The SMILES string of the molecule is CCONC(=O)c1nnc(C(=O)NC2CC2)cc1Nc1cccc(-c2ncn(CCOCc3ccccc3)n2)c1OC. The lowest BCUT2D eigenvalue weighted by Crippen LogP contribution is -2.29. The molecule has 0 atom stereocenters. The highest BCUT2D eigenvalue weighted by atomic mass is 16.6. The Balaban J connectivity index is 1.34. The fraction of sp³-hybridized carbons (Fsp3) is 0.310. The molecule has 0 bridgehead atoms. The van der Waals surface area contributed by atoms with Crippen molar-refractivity contribution in [1.82, 2.24) is 35.8 Å². The number of rotatable bonds is 14. The van der Waals surface area contributed by atoms with E-state index in [4.69, 9.17) is 14.3 Å². The first-order valence-corrected chi connectivity index (χ1v) is 13.6. The second-order valence-corrected chi connectivity index (χ2v) is 9.48. The summed E-state index contributed by atoms with van der Waals surface area (Å²) in [5, 5.41) is 18.6. The van der Waals surface area contributed by atoms with Gasteiger partial charge in [0.05, 0.1) is 50.4 Å². The van der Waals surface area contributed by atoms with Gasteiger partial charge < -0.3 is 20.1 Å². The third-order valence-corrected chi connectivity index (χ3v) is 6.31. The fourth-order valence-corrected chi connectivity index (χ4v) is 4.06. The van der Waals surface area contributed by atoms with Crippen LogP contribution in [0.3, 0.4) is 0 Å². The molecule has 4 aromatic rings. The summed E-state index contributed by atoms with van der Waals surface area (Å²) in [5.74, 6) is -0.100. The molecule has 0 aliphatic heterocycles. The number of hydroxylamine groups is 1. The van der Waals surface area contributed by atoms with Gasteiger partial charge in [-0.1, -0.05) is 36.4 Å². The summed E-state index contributed by atoms with van der Waals surface area (Å²) in [4.78, 5) is 35.0. The number of hydrogen-bond acceptors (Lipinski definition) is 10. The molecule has 42 heavy (non-hydrogen) atoms. The number of hydrogen-bond donors (Lipinski definition) is 3. The predicted molar refractivity (Wildman–Crippen MR) is 153 cm³/mol. The van der Waals surface area contributed by atoms with E-state index in [1.54, 1.807) is 30.1 Å². The maximum Gasteiger partial charge on any atom is 0.297 e. The van der Waals surface area contributed by atoms with Gasteiger partial charge in [0.2, 0.25) is 0 Å². The van der Waals surface area contributed by atoms with Crippen molar-refractivity contribution in [1.29, 1.82) is 0 Å². The van der Waals surface area contributed by atoms with Gasteiger partial charge in [0.15, 0.2) is 23.0 Å². The average Bonchev–Trinajstić information content (AvgIpc) is 3.71. The third-order valence-electron chi connectivity index (χ3n) is 6.31. The van der Waals surface area contributed by atoms with E-state index < -0.39 is 5.91 Å². The van der Waals surface area contributed by atoms with E-state index >= 15 is 0 Å². The number of para-hydroxylation sites is 1. The highest BCUT2D eigenvalue weighted by Crippen LogP contribution is 2.37. The quantitative estimate of drug-likeness (QED) is 0.151. The van der Waals surface area contributed by atoms with Gasteiger partial charge in [-0.3, -0.25) is 19.1 Å². The first-order valence-electron chi connectivity index (χ1n) is 13.6. The largest absolute Gasteiger partial charge is 0.494 e. The molecule has 3 N–H and O–H groups in total. The predicted octanol–water partition coefficient (Wildman–Crippen LogP) is 3.28. The van der Waals surface area contributed by atoms with Crippen molar-refractivity contribution in [3.05, 3.63) is 77.9 Å². The zero-order chi connectivity index (χ0) is 29.3. The van der Waals surface area contributed by atoms with E-state index in [0.717, 1.165) is 18.4 Å². The lowest BCUT2D eigenvalue weighted by molar-refractivity contribution is 0.0359. The van der Waals surface area contributed by atoms with E-state index in [0.29, 0.717) is 42.6 Å². The minimum absolute atomic E-state index is 0.0585. The van der Waals surface area contributed by atoms with E-state index in [-0.39, 0.29) is 35.6 Å². The summed E-state index contributed by atoms with van der Waals surface area (Å²) < 4.78 is 13.2. The number of carbonyl (C=O) groups is 2. The van der Waals surface area contributed by atoms with Gasteiger partial charge in [-0.05, 0) is 43.5 Å². The van der Waals surface area contributed by atoms with Crippen LogP contribution >= 0.6 is 0 Å². The van der Waals surface area contributed by atoms with Crippen LogP contribution in [-0.4, -0.2) is 63.1 Å². The van der Waals surface area contributed by atoms with Gasteiger partial charge in [-0.15, -0.1) is 10.2 Å². The van der Waals surface area contributed by atoms with Crippen LogP contribution in [0.2, 0.25) is 0 Å². The number of nitrogens with one attached hydrogen (secondary N) is 3.